The second kappa shape index (κ2) is 48.4. The van der Waals surface area contributed by atoms with Crippen molar-refractivity contribution in [1.82, 2.24) is 0 Å². The Balaban J connectivity index is 4.77. The maximum absolute atomic E-state index is 12.9. The average Bonchev–Trinajstić information content (AvgIpc) is 3.36. The van der Waals surface area contributed by atoms with E-state index in [1.54, 1.807) is 0 Å². The SMILES string of the molecule is CCCCCCCCC(O)C(O)CCCCCCCC(=O)OCC(COC(=O)CCCCCCCC(O)C(O)CC(O)C(O)CCCCC)OC(=O)CCCCCCCC(O)C(O)CC(O)C(O)CCCCC. The summed E-state index contributed by atoms with van der Waals surface area (Å²) in [5.41, 5.74) is 0. The molecule has 0 aliphatic carbocycles. The van der Waals surface area contributed by atoms with Crippen LogP contribution >= 0.6 is 0 Å². The van der Waals surface area contributed by atoms with Crippen molar-refractivity contribution in [1.29, 1.82) is 0 Å². The van der Waals surface area contributed by atoms with Crippen LogP contribution in [0.4, 0.5) is 0 Å². The minimum absolute atomic E-state index is 0.0936. The number of aliphatic hydroxyl groups is 10. The lowest BCUT2D eigenvalue weighted by atomic mass is 9.96. The Morgan fingerprint density at radius 2 is 0.507 bits per heavy atom. The van der Waals surface area contributed by atoms with Crippen LogP contribution in [0.25, 0.3) is 0 Å². The van der Waals surface area contributed by atoms with Gasteiger partial charge in [0.1, 0.15) is 13.2 Å². The topological polar surface area (TPSA) is 281 Å². The molecule has 10 N–H and O–H groups in total. The van der Waals surface area contributed by atoms with Gasteiger partial charge in [0.15, 0.2) is 6.10 Å². The fourth-order valence-corrected chi connectivity index (χ4v) is 8.95. The van der Waals surface area contributed by atoms with E-state index >= 15 is 0 Å². The molecule has 16 nitrogen and oxygen atoms in total. The van der Waals surface area contributed by atoms with Gasteiger partial charge in [-0.05, 0) is 57.8 Å². The molecule has 11 atom stereocenters. The van der Waals surface area contributed by atoms with Crippen LogP contribution in [0, 0.1) is 0 Å². The highest BCUT2D eigenvalue weighted by molar-refractivity contribution is 5.71. The largest absolute Gasteiger partial charge is 0.462 e. The van der Waals surface area contributed by atoms with E-state index < -0.39 is 85.1 Å². The standard InChI is InChI=1S/C57H110O16/c1-4-7-10-11-15-24-33-45(58)46(59)34-25-16-12-19-28-37-55(68)71-42-44(73-57(70)39-30-21-14-18-27-36-50(63)54(67)41-52(65)48(61)32-23-9-6-3)43-72-56(69)38-29-20-13-17-26-35-49(62)53(66)40-51(64)47(60)31-22-8-5-2/h44-54,58-67H,4-43H2,1-3H3. The van der Waals surface area contributed by atoms with Crippen LogP contribution in [-0.4, -0.2) is 149 Å². The van der Waals surface area contributed by atoms with E-state index in [0.717, 1.165) is 116 Å². The summed E-state index contributed by atoms with van der Waals surface area (Å²) in [5, 5.41) is 103. The molecule has 0 rings (SSSR count). The van der Waals surface area contributed by atoms with Gasteiger partial charge in [-0.15, -0.1) is 0 Å². The third-order valence-electron chi connectivity index (χ3n) is 14.0. The first-order chi connectivity index (χ1) is 35.1. The fourth-order valence-electron chi connectivity index (χ4n) is 8.95. The minimum Gasteiger partial charge on any atom is -0.462 e. The third kappa shape index (κ3) is 41.8. The van der Waals surface area contributed by atoms with Gasteiger partial charge in [-0.25, -0.2) is 0 Å². The number of rotatable bonds is 53. The van der Waals surface area contributed by atoms with Crippen molar-refractivity contribution in [3.63, 3.8) is 0 Å². The molecule has 0 saturated heterocycles. The van der Waals surface area contributed by atoms with E-state index in [4.69, 9.17) is 14.2 Å². The predicted molar refractivity (Wildman–Crippen MR) is 284 cm³/mol. The summed E-state index contributed by atoms with van der Waals surface area (Å²) >= 11 is 0. The quantitative estimate of drug-likeness (QED) is 0.0155. The summed E-state index contributed by atoms with van der Waals surface area (Å²) in [5.74, 6) is -1.44. The Labute approximate surface area is 441 Å². The minimum atomic E-state index is -1.14. The van der Waals surface area contributed by atoms with Crippen molar-refractivity contribution in [3.05, 3.63) is 0 Å². The lowest BCUT2D eigenvalue weighted by Gasteiger charge is -2.23. The molecular formula is C57H110O16. The first-order valence-electron chi connectivity index (χ1n) is 29.4. The first-order valence-corrected chi connectivity index (χ1v) is 29.4. The van der Waals surface area contributed by atoms with Crippen molar-refractivity contribution in [2.24, 2.45) is 0 Å². The van der Waals surface area contributed by atoms with E-state index in [1.165, 1.54) is 19.3 Å². The van der Waals surface area contributed by atoms with Crippen LogP contribution in [0.5, 0.6) is 0 Å². The first kappa shape index (κ1) is 71.0. The summed E-state index contributed by atoms with van der Waals surface area (Å²) in [7, 11) is 0. The molecule has 0 aromatic carbocycles. The summed E-state index contributed by atoms with van der Waals surface area (Å²) in [6.07, 6.45) is 15.3. The fraction of sp³-hybridized carbons (Fsp3) is 0.947. The van der Waals surface area contributed by atoms with E-state index in [0.29, 0.717) is 77.0 Å². The van der Waals surface area contributed by atoms with Crippen molar-refractivity contribution < 1.29 is 79.7 Å². The maximum atomic E-state index is 12.9. The van der Waals surface area contributed by atoms with Crippen LogP contribution < -0.4 is 0 Å². The lowest BCUT2D eigenvalue weighted by Crippen LogP contribution is -2.35. The smallest absolute Gasteiger partial charge is 0.306 e. The molecule has 11 unspecified atom stereocenters. The number of carbonyl (C=O) groups is 3. The van der Waals surface area contributed by atoms with Crippen LogP contribution in [0.1, 0.15) is 265 Å². The zero-order valence-electron chi connectivity index (χ0n) is 46.1. The van der Waals surface area contributed by atoms with Gasteiger partial charge >= 0.3 is 17.9 Å². The number of carbonyl (C=O) groups excluding carboxylic acids is 3. The Morgan fingerprint density at radius 1 is 0.288 bits per heavy atom. The Hall–Kier alpha value is -1.99. The second-order valence-electron chi connectivity index (χ2n) is 21.1. The van der Waals surface area contributed by atoms with Gasteiger partial charge in [0.05, 0.1) is 61.0 Å². The van der Waals surface area contributed by atoms with Crippen molar-refractivity contribution >= 4 is 17.9 Å². The van der Waals surface area contributed by atoms with E-state index in [-0.39, 0.29) is 45.3 Å². The highest BCUT2D eigenvalue weighted by Gasteiger charge is 2.26. The number of unbranched alkanes of at least 4 members (excludes halogenated alkanes) is 21. The van der Waals surface area contributed by atoms with Crippen LogP contribution in [0.2, 0.25) is 0 Å². The molecule has 0 fully saturated rings. The summed E-state index contributed by atoms with van der Waals surface area (Å²) in [6.45, 7) is 5.74. The maximum Gasteiger partial charge on any atom is 0.306 e. The molecule has 0 aromatic heterocycles. The molecule has 0 amide bonds. The molecular weight excluding hydrogens is 941 g/mol. The normalized spacial score (nSPS) is 16.4. The van der Waals surface area contributed by atoms with Gasteiger partial charge in [-0.1, -0.05) is 175 Å². The zero-order chi connectivity index (χ0) is 54.5. The van der Waals surface area contributed by atoms with E-state index in [2.05, 4.69) is 13.8 Å². The van der Waals surface area contributed by atoms with Crippen LogP contribution in [0.15, 0.2) is 0 Å². The molecule has 0 aliphatic heterocycles. The highest BCUT2D eigenvalue weighted by atomic mass is 16.6. The Kier molecular flexibility index (Phi) is 47.1. The van der Waals surface area contributed by atoms with Crippen molar-refractivity contribution in [3.8, 4) is 0 Å². The molecule has 0 spiro atoms. The predicted octanol–water partition coefficient (Wildman–Crippen LogP) is 8.48. The highest BCUT2D eigenvalue weighted by Crippen LogP contribution is 2.20. The van der Waals surface area contributed by atoms with E-state index in [1.807, 2.05) is 6.92 Å². The summed E-state index contributed by atoms with van der Waals surface area (Å²) in [4.78, 5) is 38.2. The molecule has 0 radical (unpaired) electrons. The number of ether oxygens (including phenoxy) is 3. The molecule has 0 aliphatic rings. The van der Waals surface area contributed by atoms with Gasteiger partial charge in [0.2, 0.25) is 0 Å². The van der Waals surface area contributed by atoms with Gasteiger partial charge in [-0.3, -0.25) is 14.4 Å². The Morgan fingerprint density at radius 3 is 0.808 bits per heavy atom. The van der Waals surface area contributed by atoms with Crippen molar-refractivity contribution in [2.45, 2.75) is 332 Å². The molecule has 0 aromatic rings. The molecule has 0 bridgehead atoms. The summed E-state index contributed by atoms with van der Waals surface area (Å²) < 4.78 is 16.5. The number of hydrogen-bond acceptors (Lipinski definition) is 16. The number of hydrogen-bond donors (Lipinski definition) is 10. The molecule has 73 heavy (non-hydrogen) atoms. The number of aliphatic hydroxyl groups excluding tert-OH is 10. The van der Waals surface area contributed by atoms with Gasteiger partial charge in [0, 0.05) is 32.1 Å². The lowest BCUT2D eigenvalue weighted by molar-refractivity contribution is -0.167. The molecule has 434 valence electrons. The van der Waals surface area contributed by atoms with Gasteiger partial charge in [-0.2, -0.15) is 0 Å². The van der Waals surface area contributed by atoms with E-state index in [9.17, 15) is 65.4 Å². The summed E-state index contributed by atoms with van der Waals surface area (Å²) in [6, 6.07) is 0. The second-order valence-corrected chi connectivity index (χ2v) is 21.1. The monoisotopic (exact) mass is 1050 g/mol. The van der Waals surface area contributed by atoms with Crippen molar-refractivity contribution in [2.75, 3.05) is 13.2 Å². The number of esters is 3. The van der Waals surface area contributed by atoms with Crippen LogP contribution in [-0.2, 0) is 28.6 Å². The third-order valence-corrected chi connectivity index (χ3v) is 14.0. The molecule has 0 saturated carbocycles. The van der Waals surface area contributed by atoms with Gasteiger partial charge in [0.25, 0.3) is 0 Å². The molecule has 0 heterocycles. The van der Waals surface area contributed by atoms with Gasteiger partial charge < -0.3 is 65.3 Å². The molecule has 16 heteroatoms. The Bertz CT molecular complexity index is 1280. The average molecular weight is 1050 g/mol. The van der Waals surface area contributed by atoms with Crippen LogP contribution in [0.3, 0.4) is 0 Å². The zero-order valence-corrected chi connectivity index (χ0v) is 46.1.